The highest BCUT2D eigenvalue weighted by Gasteiger charge is 2.15. The SMILES string of the molecule is COC(C)(C)CCOCc1ccc(C(=O)NN)cc1Br. The molecule has 0 bridgehead atoms. The molecule has 0 saturated carbocycles. The number of hydrazine groups is 1. The summed E-state index contributed by atoms with van der Waals surface area (Å²) in [4.78, 5) is 11.4. The maximum absolute atomic E-state index is 11.4. The Bertz CT molecular complexity index is 464. The third-order valence-corrected chi connectivity index (χ3v) is 3.84. The molecule has 1 aromatic rings. The summed E-state index contributed by atoms with van der Waals surface area (Å²) in [6, 6.07) is 5.28. The lowest BCUT2D eigenvalue weighted by Crippen LogP contribution is -2.29. The summed E-state index contributed by atoms with van der Waals surface area (Å²) in [5.74, 6) is 4.77. The number of nitrogens with one attached hydrogen (secondary N) is 1. The van der Waals surface area contributed by atoms with Crippen molar-refractivity contribution in [3.05, 3.63) is 33.8 Å². The summed E-state index contributed by atoms with van der Waals surface area (Å²) < 4.78 is 11.8. The van der Waals surface area contributed by atoms with Gasteiger partial charge in [0.1, 0.15) is 0 Å². The molecule has 0 unspecified atom stereocenters. The third-order valence-electron chi connectivity index (χ3n) is 3.10. The van der Waals surface area contributed by atoms with E-state index < -0.39 is 0 Å². The van der Waals surface area contributed by atoms with Gasteiger partial charge in [-0.05, 0) is 38.0 Å². The van der Waals surface area contributed by atoms with Gasteiger partial charge in [-0.25, -0.2) is 5.84 Å². The molecule has 20 heavy (non-hydrogen) atoms. The number of amides is 1. The van der Waals surface area contributed by atoms with Crippen LogP contribution >= 0.6 is 15.9 Å². The first kappa shape index (κ1) is 17.1. The number of nitrogens with two attached hydrogens (primary N) is 1. The fraction of sp³-hybridized carbons (Fsp3) is 0.500. The predicted molar refractivity (Wildman–Crippen MR) is 81.2 cm³/mol. The lowest BCUT2D eigenvalue weighted by atomic mass is 10.1. The standard InChI is InChI=1S/C14H21BrN2O3/c1-14(2,19-3)6-7-20-9-11-5-4-10(8-12(11)15)13(18)17-16/h4-5,8H,6-7,9,16H2,1-3H3,(H,17,18). The number of methoxy groups -OCH3 is 1. The van der Waals surface area contributed by atoms with Crippen molar-refractivity contribution in [1.29, 1.82) is 0 Å². The van der Waals surface area contributed by atoms with Gasteiger partial charge in [0.05, 0.1) is 12.2 Å². The second kappa shape index (κ2) is 7.73. The van der Waals surface area contributed by atoms with Crippen LogP contribution in [0.4, 0.5) is 0 Å². The van der Waals surface area contributed by atoms with E-state index in [9.17, 15) is 4.79 Å². The van der Waals surface area contributed by atoms with Gasteiger partial charge in [-0.1, -0.05) is 22.0 Å². The van der Waals surface area contributed by atoms with Crippen molar-refractivity contribution >= 4 is 21.8 Å². The van der Waals surface area contributed by atoms with Crippen molar-refractivity contribution in [2.45, 2.75) is 32.5 Å². The van der Waals surface area contributed by atoms with Crippen LogP contribution < -0.4 is 11.3 Å². The van der Waals surface area contributed by atoms with E-state index in [1.807, 2.05) is 19.9 Å². The summed E-state index contributed by atoms with van der Waals surface area (Å²) in [5.41, 5.74) is 3.40. The third kappa shape index (κ3) is 5.20. The van der Waals surface area contributed by atoms with E-state index >= 15 is 0 Å². The lowest BCUT2D eigenvalue weighted by molar-refractivity contribution is -0.0125. The molecule has 0 aromatic heterocycles. The zero-order chi connectivity index (χ0) is 15.2. The topological polar surface area (TPSA) is 73.6 Å². The van der Waals surface area contributed by atoms with Crippen molar-refractivity contribution in [3.8, 4) is 0 Å². The summed E-state index contributed by atoms with van der Waals surface area (Å²) in [6.07, 6.45) is 0.814. The Hall–Kier alpha value is -0.950. The number of carbonyl (C=O) groups excluding carboxylic acids is 1. The van der Waals surface area contributed by atoms with Crippen LogP contribution in [-0.4, -0.2) is 25.2 Å². The molecular weight excluding hydrogens is 324 g/mol. The van der Waals surface area contributed by atoms with E-state index in [4.69, 9.17) is 15.3 Å². The highest BCUT2D eigenvalue weighted by molar-refractivity contribution is 9.10. The van der Waals surface area contributed by atoms with Gasteiger partial charge in [0.25, 0.3) is 5.91 Å². The molecule has 0 radical (unpaired) electrons. The molecule has 0 aliphatic carbocycles. The molecule has 5 nitrogen and oxygen atoms in total. The van der Waals surface area contributed by atoms with E-state index in [2.05, 4.69) is 21.4 Å². The summed E-state index contributed by atoms with van der Waals surface area (Å²) in [5, 5.41) is 0. The Morgan fingerprint density at radius 1 is 1.45 bits per heavy atom. The molecule has 6 heteroatoms. The normalized spacial score (nSPS) is 11.4. The number of halogens is 1. The molecule has 1 amide bonds. The van der Waals surface area contributed by atoms with E-state index in [1.165, 1.54) is 0 Å². The molecule has 1 aromatic carbocycles. The van der Waals surface area contributed by atoms with E-state index in [-0.39, 0.29) is 11.5 Å². The fourth-order valence-corrected chi connectivity index (χ4v) is 1.98. The maximum atomic E-state index is 11.4. The molecular formula is C14H21BrN2O3. The van der Waals surface area contributed by atoms with Crippen molar-refractivity contribution in [2.75, 3.05) is 13.7 Å². The minimum atomic E-state index is -0.319. The molecule has 3 N–H and O–H groups in total. The number of benzene rings is 1. The lowest BCUT2D eigenvalue weighted by Gasteiger charge is -2.22. The van der Waals surface area contributed by atoms with Crippen LogP contribution in [-0.2, 0) is 16.1 Å². The number of ether oxygens (including phenoxy) is 2. The summed E-state index contributed by atoms with van der Waals surface area (Å²) in [7, 11) is 1.69. The molecule has 1 rings (SSSR count). The Kier molecular flexibility index (Phi) is 6.61. The molecule has 112 valence electrons. The monoisotopic (exact) mass is 344 g/mol. The van der Waals surface area contributed by atoms with Crippen LogP contribution in [0, 0.1) is 0 Å². The Morgan fingerprint density at radius 3 is 2.70 bits per heavy atom. The Labute approximate surface area is 127 Å². The molecule has 0 atom stereocenters. The Morgan fingerprint density at radius 2 is 2.15 bits per heavy atom. The second-order valence-corrected chi connectivity index (χ2v) is 5.90. The maximum Gasteiger partial charge on any atom is 0.265 e. The van der Waals surface area contributed by atoms with Crippen LogP contribution in [0.3, 0.4) is 0 Å². The highest BCUT2D eigenvalue weighted by Crippen LogP contribution is 2.20. The van der Waals surface area contributed by atoms with Crippen LogP contribution in [0.25, 0.3) is 0 Å². The van der Waals surface area contributed by atoms with E-state index in [0.29, 0.717) is 18.8 Å². The van der Waals surface area contributed by atoms with E-state index in [0.717, 1.165) is 16.5 Å². The quantitative estimate of drug-likeness (QED) is 0.344. The Balaban J connectivity index is 2.51. The molecule has 0 aliphatic heterocycles. The average molecular weight is 345 g/mol. The number of nitrogen functional groups attached to an aromatic ring is 1. The van der Waals surface area contributed by atoms with Crippen molar-refractivity contribution in [2.24, 2.45) is 5.84 Å². The van der Waals surface area contributed by atoms with Gasteiger partial charge in [0.15, 0.2) is 0 Å². The van der Waals surface area contributed by atoms with Crippen LogP contribution in [0.5, 0.6) is 0 Å². The van der Waals surface area contributed by atoms with Gasteiger partial charge in [-0.3, -0.25) is 10.2 Å². The number of hydrogen-bond acceptors (Lipinski definition) is 4. The van der Waals surface area contributed by atoms with Crippen molar-refractivity contribution in [1.82, 2.24) is 5.43 Å². The van der Waals surface area contributed by atoms with Gasteiger partial charge in [0.2, 0.25) is 0 Å². The first-order chi connectivity index (χ1) is 9.39. The molecule has 0 spiro atoms. The van der Waals surface area contributed by atoms with Gasteiger partial charge < -0.3 is 9.47 Å². The first-order valence-corrected chi connectivity index (χ1v) is 7.11. The highest BCUT2D eigenvalue weighted by atomic mass is 79.9. The van der Waals surface area contributed by atoms with Gasteiger partial charge in [0, 0.05) is 23.8 Å². The predicted octanol–water partition coefficient (Wildman–Crippen LogP) is 2.38. The van der Waals surface area contributed by atoms with Gasteiger partial charge >= 0.3 is 0 Å². The van der Waals surface area contributed by atoms with Crippen molar-refractivity contribution < 1.29 is 14.3 Å². The van der Waals surface area contributed by atoms with Crippen LogP contribution in [0.2, 0.25) is 0 Å². The smallest absolute Gasteiger partial charge is 0.265 e. The van der Waals surface area contributed by atoms with Crippen LogP contribution in [0.15, 0.2) is 22.7 Å². The molecule has 0 fully saturated rings. The fourth-order valence-electron chi connectivity index (χ4n) is 1.49. The van der Waals surface area contributed by atoms with Gasteiger partial charge in [-0.2, -0.15) is 0 Å². The molecule has 0 aliphatic rings. The number of hydrogen-bond donors (Lipinski definition) is 2. The summed E-state index contributed by atoms with van der Waals surface area (Å²) >= 11 is 3.42. The van der Waals surface area contributed by atoms with Gasteiger partial charge in [-0.15, -0.1) is 0 Å². The minimum Gasteiger partial charge on any atom is -0.379 e. The largest absolute Gasteiger partial charge is 0.379 e. The minimum absolute atomic E-state index is 0.180. The summed E-state index contributed by atoms with van der Waals surface area (Å²) in [6.45, 7) is 5.13. The van der Waals surface area contributed by atoms with Crippen LogP contribution in [0.1, 0.15) is 36.2 Å². The van der Waals surface area contributed by atoms with Crippen molar-refractivity contribution in [3.63, 3.8) is 0 Å². The molecule has 0 heterocycles. The first-order valence-electron chi connectivity index (χ1n) is 6.32. The second-order valence-electron chi connectivity index (χ2n) is 5.05. The number of carbonyl (C=O) groups is 1. The average Bonchev–Trinajstić information content (AvgIpc) is 2.44. The number of rotatable bonds is 7. The zero-order valence-electron chi connectivity index (χ0n) is 12.0. The zero-order valence-corrected chi connectivity index (χ0v) is 13.6. The molecule has 0 saturated heterocycles. The van der Waals surface area contributed by atoms with E-state index in [1.54, 1.807) is 19.2 Å².